The lowest BCUT2D eigenvalue weighted by Crippen LogP contribution is -2.32. The maximum atomic E-state index is 4.47. The maximum absolute atomic E-state index is 4.47. The number of hydrogen-bond donors (Lipinski definition) is 1. The van der Waals surface area contributed by atoms with Crippen LogP contribution in [0.4, 0.5) is 11.6 Å². The molecule has 0 aliphatic heterocycles. The molecule has 1 fully saturated rings. The van der Waals surface area contributed by atoms with E-state index in [1.54, 1.807) is 6.33 Å². The van der Waals surface area contributed by atoms with Crippen LogP contribution < -0.4 is 10.2 Å². The smallest absolute Gasteiger partial charge is 0.137 e. The Labute approximate surface area is 110 Å². The second-order valence-corrected chi connectivity index (χ2v) is 5.18. The Morgan fingerprint density at radius 2 is 1.83 bits per heavy atom. The molecule has 0 radical (unpaired) electrons. The molecule has 18 heavy (non-hydrogen) atoms. The third-order valence-electron chi connectivity index (χ3n) is 4.00. The quantitative estimate of drug-likeness (QED) is 0.835. The van der Waals surface area contributed by atoms with Crippen LogP contribution in [0.1, 0.15) is 44.1 Å². The van der Waals surface area contributed by atoms with Crippen LogP contribution >= 0.6 is 0 Å². The van der Waals surface area contributed by atoms with E-state index in [0.717, 1.165) is 17.2 Å². The molecular weight excluding hydrogens is 224 g/mol. The monoisotopic (exact) mass is 248 g/mol. The fraction of sp³-hybridized carbons (Fsp3) is 0.714. The topological polar surface area (TPSA) is 41.1 Å². The normalized spacial score (nSPS) is 17.3. The minimum Gasteiger partial charge on any atom is -0.373 e. The van der Waals surface area contributed by atoms with E-state index in [4.69, 9.17) is 0 Å². The van der Waals surface area contributed by atoms with Gasteiger partial charge < -0.3 is 10.2 Å². The summed E-state index contributed by atoms with van der Waals surface area (Å²) in [5, 5.41) is 3.13. The number of rotatable bonds is 3. The highest BCUT2D eigenvalue weighted by Gasteiger charge is 2.20. The van der Waals surface area contributed by atoms with Crippen molar-refractivity contribution in [1.82, 2.24) is 9.97 Å². The number of aromatic nitrogens is 2. The summed E-state index contributed by atoms with van der Waals surface area (Å²) in [6, 6.07) is 0.630. The highest BCUT2D eigenvalue weighted by molar-refractivity contribution is 5.57. The van der Waals surface area contributed by atoms with Gasteiger partial charge in [-0.15, -0.1) is 0 Å². The number of anilines is 2. The van der Waals surface area contributed by atoms with E-state index >= 15 is 0 Å². The zero-order chi connectivity index (χ0) is 13.0. The minimum absolute atomic E-state index is 0.630. The Hall–Kier alpha value is -1.32. The Morgan fingerprint density at radius 3 is 2.44 bits per heavy atom. The third kappa shape index (κ3) is 2.74. The molecule has 0 saturated heterocycles. The molecule has 1 aromatic rings. The lowest BCUT2D eigenvalue weighted by Gasteiger charge is -2.29. The van der Waals surface area contributed by atoms with Crippen molar-refractivity contribution in [2.45, 2.75) is 51.5 Å². The van der Waals surface area contributed by atoms with Gasteiger partial charge in [0.2, 0.25) is 0 Å². The van der Waals surface area contributed by atoms with Gasteiger partial charge in [-0.25, -0.2) is 9.97 Å². The molecule has 1 heterocycles. The highest BCUT2D eigenvalue weighted by atomic mass is 15.2. The van der Waals surface area contributed by atoms with Crippen molar-refractivity contribution in [2.75, 3.05) is 24.3 Å². The number of nitrogens with one attached hydrogen (secondary N) is 1. The molecule has 1 N–H and O–H groups in total. The molecular formula is C14H24N4. The Kier molecular flexibility index (Phi) is 4.39. The fourth-order valence-corrected chi connectivity index (χ4v) is 2.87. The average Bonchev–Trinajstić information content (AvgIpc) is 2.67. The largest absolute Gasteiger partial charge is 0.373 e. The Bertz CT molecular complexity index is 383. The molecule has 0 aromatic carbocycles. The van der Waals surface area contributed by atoms with Gasteiger partial charge in [0.25, 0.3) is 0 Å². The van der Waals surface area contributed by atoms with Crippen molar-refractivity contribution in [3.63, 3.8) is 0 Å². The van der Waals surface area contributed by atoms with Gasteiger partial charge in [-0.05, 0) is 19.8 Å². The summed E-state index contributed by atoms with van der Waals surface area (Å²) in [5.74, 6) is 2.00. The predicted octanol–water partition coefficient (Wildman–Crippen LogP) is 2.99. The van der Waals surface area contributed by atoms with Crippen LogP contribution in [0.5, 0.6) is 0 Å². The van der Waals surface area contributed by atoms with Crippen LogP contribution in [0.15, 0.2) is 6.33 Å². The minimum atomic E-state index is 0.630. The van der Waals surface area contributed by atoms with Crippen LogP contribution in [0, 0.1) is 6.92 Å². The van der Waals surface area contributed by atoms with E-state index in [9.17, 15) is 0 Å². The van der Waals surface area contributed by atoms with Crippen molar-refractivity contribution in [3.05, 3.63) is 11.9 Å². The fourth-order valence-electron chi connectivity index (χ4n) is 2.87. The van der Waals surface area contributed by atoms with E-state index < -0.39 is 0 Å². The van der Waals surface area contributed by atoms with Crippen molar-refractivity contribution < 1.29 is 0 Å². The molecule has 1 saturated carbocycles. The van der Waals surface area contributed by atoms with Crippen LogP contribution in [-0.2, 0) is 0 Å². The maximum Gasteiger partial charge on any atom is 0.137 e. The lowest BCUT2D eigenvalue weighted by atomic mass is 10.1. The van der Waals surface area contributed by atoms with Gasteiger partial charge >= 0.3 is 0 Å². The highest BCUT2D eigenvalue weighted by Crippen LogP contribution is 2.27. The first kappa shape index (κ1) is 13.1. The second kappa shape index (κ2) is 6.03. The summed E-state index contributed by atoms with van der Waals surface area (Å²) in [6.45, 7) is 2.09. The van der Waals surface area contributed by atoms with E-state index in [1.807, 2.05) is 7.05 Å². The summed E-state index contributed by atoms with van der Waals surface area (Å²) in [4.78, 5) is 11.1. The molecule has 2 rings (SSSR count). The standard InChI is InChI=1S/C14H24N4/c1-11-13(15-2)16-10-17-14(11)18(3)12-8-6-4-5-7-9-12/h10,12H,4-9H2,1-3H3,(H,15,16,17). The van der Waals surface area contributed by atoms with E-state index in [0.29, 0.717) is 6.04 Å². The van der Waals surface area contributed by atoms with Crippen LogP contribution in [0.3, 0.4) is 0 Å². The van der Waals surface area contributed by atoms with Crippen molar-refractivity contribution in [2.24, 2.45) is 0 Å². The van der Waals surface area contributed by atoms with Gasteiger partial charge in [0, 0.05) is 25.7 Å². The molecule has 100 valence electrons. The molecule has 0 spiro atoms. The number of hydrogen-bond acceptors (Lipinski definition) is 4. The Balaban J connectivity index is 2.19. The molecule has 1 aliphatic carbocycles. The molecule has 0 amide bonds. The SMILES string of the molecule is CNc1ncnc(N(C)C2CCCCCC2)c1C. The van der Waals surface area contributed by atoms with Crippen molar-refractivity contribution in [1.29, 1.82) is 0 Å². The summed E-state index contributed by atoms with van der Waals surface area (Å²) in [7, 11) is 4.08. The van der Waals surface area contributed by atoms with Gasteiger partial charge in [-0.3, -0.25) is 0 Å². The Morgan fingerprint density at radius 1 is 1.17 bits per heavy atom. The summed E-state index contributed by atoms with van der Waals surface area (Å²) in [5.41, 5.74) is 1.15. The predicted molar refractivity (Wildman–Crippen MR) is 76.2 cm³/mol. The van der Waals surface area contributed by atoms with Gasteiger partial charge in [-0.1, -0.05) is 25.7 Å². The van der Waals surface area contributed by atoms with Crippen LogP contribution in [0.2, 0.25) is 0 Å². The average molecular weight is 248 g/mol. The van der Waals surface area contributed by atoms with Crippen LogP contribution in [0.25, 0.3) is 0 Å². The summed E-state index contributed by atoms with van der Waals surface area (Å²) < 4.78 is 0. The third-order valence-corrected chi connectivity index (χ3v) is 4.00. The first-order valence-electron chi connectivity index (χ1n) is 6.96. The van der Waals surface area contributed by atoms with Gasteiger partial charge in [0.05, 0.1) is 0 Å². The van der Waals surface area contributed by atoms with Crippen LogP contribution in [-0.4, -0.2) is 30.1 Å². The van der Waals surface area contributed by atoms with Gasteiger partial charge in [-0.2, -0.15) is 0 Å². The van der Waals surface area contributed by atoms with Gasteiger partial charge in [0.1, 0.15) is 18.0 Å². The zero-order valence-electron chi connectivity index (χ0n) is 11.7. The second-order valence-electron chi connectivity index (χ2n) is 5.18. The molecule has 4 heteroatoms. The molecule has 0 bridgehead atoms. The molecule has 1 aliphatic rings. The summed E-state index contributed by atoms with van der Waals surface area (Å²) >= 11 is 0. The van der Waals surface area contributed by atoms with Gasteiger partial charge in [0.15, 0.2) is 0 Å². The first-order valence-corrected chi connectivity index (χ1v) is 6.96. The molecule has 0 atom stereocenters. The van der Waals surface area contributed by atoms with E-state index in [-0.39, 0.29) is 0 Å². The summed E-state index contributed by atoms with van der Waals surface area (Å²) in [6.07, 6.45) is 9.69. The molecule has 1 aromatic heterocycles. The van der Waals surface area contributed by atoms with Crippen molar-refractivity contribution in [3.8, 4) is 0 Å². The molecule has 0 unspecified atom stereocenters. The van der Waals surface area contributed by atoms with E-state index in [1.165, 1.54) is 38.5 Å². The zero-order valence-corrected chi connectivity index (χ0v) is 11.7. The first-order chi connectivity index (χ1) is 8.74. The van der Waals surface area contributed by atoms with Crippen molar-refractivity contribution >= 4 is 11.6 Å². The molecule has 4 nitrogen and oxygen atoms in total. The lowest BCUT2D eigenvalue weighted by molar-refractivity contribution is 0.548. The number of nitrogens with zero attached hydrogens (tertiary/aromatic N) is 3. The van der Waals surface area contributed by atoms with E-state index in [2.05, 4.69) is 34.2 Å².